The summed E-state index contributed by atoms with van der Waals surface area (Å²) in [5.41, 5.74) is 0.367. The van der Waals surface area contributed by atoms with E-state index in [1.807, 2.05) is 20.8 Å². The normalized spacial score (nSPS) is 14.9. The van der Waals surface area contributed by atoms with Gasteiger partial charge in [0.05, 0.1) is 23.6 Å². The lowest BCUT2D eigenvalue weighted by Crippen LogP contribution is -2.57. The summed E-state index contributed by atoms with van der Waals surface area (Å²) in [6.45, 7) is 7.65. The van der Waals surface area contributed by atoms with Crippen LogP contribution in [0.25, 0.3) is 0 Å². The van der Waals surface area contributed by atoms with Crippen molar-refractivity contribution in [2.45, 2.75) is 71.2 Å². The van der Waals surface area contributed by atoms with E-state index < -0.39 is 59.6 Å². The van der Waals surface area contributed by atoms with E-state index in [0.29, 0.717) is 12.6 Å². The number of hydrogen-bond acceptors (Lipinski definition) is 7. The van der Waals surface area contributed by atoms with E-state index in [-0.39, 0.29) is 29.2 Å². The Hall–Kier alpha value is -3.09. The smallest absolute Gasteiger partial charge is 0.253 e. The molecule has 0 fully saturated rings. The molecule has 1 aromatic carbocycles. The fourth-order valence-corrected chi connectivity index (χ4v) is 5.18. The van der Waals surface area contributed by atoms with E-state index in [1.54, 1.807) is 12.1 Å². The molecule has 42 heavy (non-hydrogen) atoms. The molecule has 232 valence electrons. The Labute approximate surface area is 250 Å². The highest BCUT2D eigenvalue weighted by Gasteiger charge is 2.36. The molecule has 12 heteroatoms. The van der Waals surface area contributed by atoms with E-state index >= 15 is 0 Å². The molecule has 1 unspecified atom stereocenters. The highest BCUT2D eigenvalue weighted by atomic mass is 32.2. The molecule has 0 saturated heterocycles. The minimum Gasteiger partial charge on any atom is -0.390 e. The number of pyridine rings is 1. The van der Waals surface area contributed by atoms with Gasteiger partial charge < -0.3 is 26.2 Å². The van der Waals surface area contributed by atoms with Crippen molar-refractivity contribution in [2.24, 2.45) is 11.8 Å². The van der Waals surface area contributed by atoms with Gasteiger partial charge in [-0.05, 0) is 54.3 Å². The zero-order chi connectivity index (χ0) is 31.2. The van der Waals surface area contributed by atoms with Crippen LogP contribution in [0.4, 0.5) is 8.78 Å². The molecule has 0 bridgehead atoms. The van der Waals surface area contributed by atoms with Crippen LogP contribution in [0.5, 0.6) is 0 Å². The number of nitrogens with one attached hydrogen (secondary N) is 3. The summed E-state index contributed by atoms with van der Waals surface area (Å²) in [6, 6.07) is 3.65. The standard InChI is InChI=1S/C30H42F2N4O5S/c1-5-6-10-42-17-25(36-29(40)21-8-7-9-33-16-21)30(41)35-24(13-20-11-22(31)14-23(32)12-20)27(38)26(37)19(4)28(39)34-15-18(2)3/h7-9,11-12,14,16,18-19,24-27,37-38H,5-6,10,13,15,17H2,1-4H3,(H,34,39)(H,35,41)(H,36,40)/t19-,24+,25?,26-,27-/m1/s1. The van der Waals surface area contributed by atoms with Crippen LogP contribution >= 0.6 is 11.8 Å². The van der Waals surface area contributed by atoms with Crippen LogP contribution in [0, 0.1) is 23.5 Å². The lowest BCUT2D eigenvalue weighted by Gasteiger charge is -2.32. The van der Waals surface area contributed by atoms with Crippen LogP contribution in [0.1, 0.15) is 56.5 Å². The van der Waals surface area contributed by atoms with Crippen LogP contribution in [-0.4, -0.2) is 75.3 Å². The second-order valence-electron chi connectivity index (χ2n) is 10.7. The van der Waals surface area contributed by atoms with Gasteiger partial charge in [0.1, 0.15) is 23.8 Å². The molecule has 0 aliphatic rings. The highest BCUT2D eigenvalue weighted by molar-refractivity contribution is 7.99. The van der Waals surface area contributed by atoms with E-state index in [0.717, 1.165) is 30.7 Å². The van der Waals surface area contributed by atoms with Crippen LogP contribution in [0.3, 0.4) is 0 Å². The largest absolute Gasteiger partial charge is 0.390 e. The lowest BCUT2D eigenvalue weighted by atomic mass is 9.90. The molecule has 1 aromatic heterocycles. The number of carbonyl (C=O) groups is 3. The second-order valence-corrected chi connectivity index (χ2v) is 11.9. The molecule has 0 saturated carbocycles. The van der Waals surface area contributed by atoms with Crippen LogP contribution < -0.4 is 16.0 Å². The first-order valence-electron chi connectivity index (χ1n) is 14.1. The minimum atomic E-state index is -1.69. The van der Waals surface area contributed by atoms with Gasteiger partial charge in [-0.3, -0.25) is 19.4 Å². The van der Waals surface area contributed by atoms with Crippen LogP contribution in [-0.2, 0) is 16.0 Å². The minimum absolute atomic E-state index is 0.120. The maximum absolute atomic E-state index is 14.0. The van der Waals surface area contributed by atoms with Gasteiger partial charge in [0.15, 0.2) is 0 Å². The summed E-state index contributed by atoms with van der Waals surface area (Å²) in [4.78, 5) is 42.9. The first-order valence-corrected chi connectivity index (χ1v) is 15.3. The Morgan fingerprint density at radius 3 is 2.29 bits per heavy atom. The molecule has 0 aliphatic carbocycles. The predicted molar refractivity (Wildman–Crippen MR) is 159 cm³/mol. The second kappa shape index (κ2) is 17.8. The predicted octanol–water partition coefficient (Wildman–Crippen LogP) is 2.85. The number of unbranched alkanes of at least 4 members (excludes halogenated alkanes) is 1. The van der Waals surface area contributed by atoms with E-state index in [4.69, 9.17) is 0 Å². The van der Waals surface area contributed by atoms with E-state index in [2.05, 4.69) is 20.9 Å². The summed E-state index contributed by atoms with van der Waals surface area (Å²) in [5.74, 6) is -3.32. The number of amides is 3. The maximum atomic E-state index is 14.0. The fourth-order valence-electron chi connectivity index (χ4n) is 4.05. The number of aliphatic hydroxyl groups is 2. The molecule has 0 spiro atoms. The number of benzene rings is 1. The number of rotatable bonds is 17. The molecule has 0 aliphatic heterocycles. The van der Waals surface area contributed by atoms with Gasteiger partial charge in [0.2, 0.25) is 11.8 Å². The molecule has 2 rings (SSSR count). The first kappa shape index (κ1) is 35.1. The monoisotopic (exact) mass is 608 g/mol. The van der Waals surface area contributed by atoms with Crippen LogP contribution in [0.15, 0.2) is 42.7 Å². The number of carbonyl (C=O) groups excluding carboxylic acids is 3. The zero-order valence-electron chi connectivity index (χ0n) is 24.5. The average molecular weight is 609 g/mol. The third-order valence-corrected chi connectivity index (χ3v) is 7.70. The Morgan fingerprint density at radius 2 is 1.69 bits per heavy atom. The van der Waals surface area contributed by atoms with Gasteiger partial charge in [0.25, 0.3) is 5.91 Å². The third-order valence-electron chi connectivity index (χ3n) is 6.55. The Kier molecular flexibility index (Phi) is 14.9. The summed E-state index contributed by atoms with van der Waals surface area (Å²) in [5, 5.41) is 30.2. The zero-order valence-corrected chi connectivity index (χ0v) is 25.3. The van der Waals surface area contributed by atoms with Crippen molar-refractivity contribution < 1.29 is 33.4 Å². The van der Waals surface area contributed by atoms with Crippen molar-refractivity contribution in [1.29, 1.82) is 0 Å². The fraction of sp³-hybridized carbons (Fsp3) is 0.533. The van der Waals surface area contributed by atoms with Crippen molar-refractivity contribution in [3.05, 3.63) is 65.5 Å². The van der Waals surface area contributed by atoms with Gasteiger partial charge in [-0.1, -0.05) is 34.1 Å². The quantitative estimate of drug-likeness (QED) is 0.174. The summed E-state index contributed by atoms with van der Waals surface area (Å²) in [6.07, 6.45) is 1.16. The average Bonchev–Trinajstić information content (AvgIpc) is 2.95. The Balaban J connectivity index is 2.30. The molecule has 0 radical (unpaired) electrons. The van der Waals surface area contributed by atoms with Crippen LogP contribution in [0.2, 0.25) is 0 Å². The highest BCUT2D eigenvalue weighted by Crippen LogP contribution is 2.18. The van der Waals surface area contributed by atoms with Gasteiger partial charge >= 0.3 is 0 Å². The molecule has 9 nitrogen and oxygen atoms in total. The SMILES string of the molecule is CCCCSCC(NC(=O)c1cccnc1)C(=O)N[C@@H](Cc1cc(F)cc(F)c1)[C@@H](O)[C@H](O)[C@@H](C)C(=O)NCC(C)C. The lowest BCUT2D eigenvalue weighted by molar-refractivity contribution is -0.132. The van der Waals surface area contributed by atoms with Crippen molar-refractivity contribution >= 4 is 29.5 Å². The number of thioether (sulfide) groups is 1. The maximum Gasteiger partial charge on any atom is 0.253 e. The van der Waals surface area contributed by atoms with Gasteiger partial charge in [-0.2, -0.15) is 11.8 Å². The Bertz CT molecular complexity index is 1140. The summed E-state index contributed by atoms with van der Waals surface area (Å²) >= 11 is 1.46. The molecule has 1 heterocycles. The van der Waals surface area contributed by atoms with Gasteiger partial charge in [-0.15, -0.1) is 0 Å². The van der Waals surface area contributed by atoms with Crippen molar-refractivity contribution in [3.63, 3.8) is 0 Å². The Morgan fingerprint density at radius 1 is 1.00 bits per heavy atom. The van der Waals surface area contributed by atoms with Crippen molar-refractivity contribution in [2.75, 3.05) is 18.1 Å². The van der Waals surface area contributed by atoms with E-state index in [1.165, 1.54) is 31.1 Å². The number of aromatic nitrogens is 1. The summed E-state index contributed by atoms with van der Waals surface area (Å²) in [7, 11) is 0. The molecule has 3 amide bonds. The molecule has 2 aromatic rings. The van der Waals surface area contributed by atoms with E-state index in [9.17, 15) is 33.4 Å². The van der Waals surface area contributed by atoms with Gasteiger partial charge in [-0.25, -0.2) is 8.78 Å². The summed E-state index contributed by atoms with van der Waals surface area (Å²) < 4.78 is 27.9. The number of aliphatic hydroxyl groups excluding tert-OH is 2. The number of halogens is 2. The molecule has 5 atom stereocenters. The number of hydrogen-bond donors (Lipinski definition) is 5. The molecule has 5 N–H and O–H groups in total. The third kappa shape index (κ3) is 11.7. The topological polar surface area (TPSA) is 141 Å². The first-order chi connectivity index (χ1) is 19.9. The molecular formula is C30H42F2N4O5S. The van der Waals surface area contributed by atoms with Crippen molar-refractivity contribution in [1.82, 2.24) is 20.9 Å². The van der Waals surface area contributed by atoms with Gasteiger partial charge in [0, 0.05) is 30.8 Å². The number of nitrogens with zero attached hydrogens (tertiary/aromatic N) is 1. The molecular weight excluding hydrogens is 566 g/mol. The van der Waals surface area contributed by atoms with Crippen molar-refractivity contribution in [3.8, 4) is 0 Å².